The molecule has 2 aromatic carbocycles. The van der Waals surface area contributed by atoms with Crippen molar-refractivity contribution in [1.29, 1.82) is 0 Å². The van der Waals surface area contributed by atoms with Crippen molar-refractivity contribution in [3.63, 3.8) is 0 Å². The largest absolute Gasteiger partial charge is 0.374 e. The van der Waals surface area contributed by atoms with Crippen molar-refractivity contribution in [1.82, 2.24) is 0 Å². The summed E-state index contributed by atoms with van der Waals surface area (Å²) in [5.74, 6) is 0.0725. The van der Waals surface area contributed by atoms with Crippen LogP contribution < -0.4 is 10.2 Å². The molecule has 1 aliphatic rings. The van der Waals surface area contributed by atoms with Crippen LogP contribution in [0.3, 0.4) is 0 Å². The molecule has 0 spiro atoms. The Hall–Kier alpha value is -2.29. The van der Waals surface area contributed by atoms with Gasteiger partial charge in [0.25, 0.3) is 0 Å². The zero-order valence-electron chi connectivity index (χ0n) is 16.4. The molecule has 0 unspecified atom stereocenters. The Kier molecular flexibility index (Phi) is 5.36. The quantitative estimate of drug-likeness (QED) is 0.847. The number of benzene rings is 2. The van der Waals surface area contributed by atoms with Crippen molar-refractivity contribution in [3.8, 4) is 0 Å². The van der Waals surface area contributed by atoms with E-state index in [2.05, 4.69) is 74.4 Å². The molecule has 3 rings (SSSR count). The van der Waals surface area contributed by atoms with Gasteiger partial charge >= 0.3 is 0 Å². The van der Waals surface area contributed by atoms with Crippen LogP contribution in [0.15, 0.2) is 42.5 Å². The molecule has 1 heterocycles. The van der Waals surface area contributed by atoms with E-state index in [1.165, 1.54) is 28.8 Å². The third-order valence-electron chi connectivity index (χ3n) is 5.18. The van der Waals surface area contributed by atoms with Crippen molar-refractivity contribution in [2.75, 3.05) is 23.8 Å². The monoisotopic (exact) mass is 350 g/mol. The van der Waals surface area contributed by atoms with Gasteiger partial charge in [-0.1, -0.05) is 51.1 Å². The Balaban J connectivity index is 1.57. The lowest BCUT2D eigenvalue weighted by Crippen LogP contribution is -2.24. The highest BCUT2D eigenvalue weighted by Crippen LogP contribution is 2.29. The first-order valence-electron chi connectivity index (χ1n) is 9.56. The van der Waals surface area contributed by atoms with E-state index in [9.17, 15) is 4.79 Å². The average Bonchev–Trinajstić information content (AvgIpc) is 2.60. The molecule has 26 heavy (non-hydrogen) atoms. The van der Waals surface area contributed by atoms with Gasteiger partial charge in [-0.3, -0.25) is 4.79 Å². The van der Waals surface area contributed by atoms with Gasteiger partial charge in [-0.2, -0.15) is 0 Å². The molecule has 1 N–H and O–H groups in total. The van der Waals surface area contributed by atoms with Gasteiger partial charge in [-0.15, -0.1) is 0 Å². The number of hydrogen-bond acceptors (Lipinski definition) is 2. The molecule has 3 nitrogen and oxygen atoms in total. The molecule has 138 valence electrons. The van der Waals surface area contributed by atoms with Gasteiger partial charge < -0.3 is 10.2 Å². The van der Waals surface area contributed by atoms with Gasteiger partial charge in [0, 0.05) is 31.4 Å². The number of anilines is 2. The predicted octanol–water partition coefficient (Wildman–Crippen LogP) is 4.94. The van der Waals surface area contributed by atoms with E-state index in [-0.39, 0.29) is 11.3 Å². The summed E-state index contributed by atoms with van der Waals surface area (Å²) in [5.41, 5.74) is 6.20. The second-order valence-corrected chi connectivity index (χ2v) is 8.36. The Bertz CT molecular complexity index is 772. The maximum atomic E-state index is 12.3. The fraction of sp³-hybridized carbons (Fsp3) is 0.435. The van der Waals surface area contributed by atoms with E-state index in [4.69, 9.17) is 0 Å². The Morgan fingerprint density at radius 1 is 1.12 bits per heavy atom. The first-order valence-corrected chi connectivity index (χ1v) is 9.56. The number of fused-ring (bicyclic) bond motifs is 1. The minimum Gasteiger partial charge on any atom is -0.374 e. The molecule has 1 aliphatic heterocycles. The van der Waals surface area contributed by atoms with E-state index >= 15 is 0 Å². The lowest BCUT2D eigenvalue weighted by molar-refractivity contribution is -0.116. The number of carbonyl (C=O) groups is 1. The fourth-order valence-corrected chi connectivity index (χ4v) is 3.49. The minimum atomic E-state index is 0.0725. The summed E-state index contributed by atoms with van der Waals surface area (Å²) in [6, 6.07) is 14.9. The highest BCUT2D eigenvalue weighted by molar-refractivity contribution is 5.91. The molecular formula is C23H30N2O. The van der Waals surface area contributed by atoms with Crippen molar-refractivity contribution in [2.45, 2.75) is 51.9 Å². The normalized spacial score (nSPS) is 14.1. The topological polar surface area (TPSA) is 32.3 Å². The second-order valence-electron chi connectivity index (χ2n) is 8.36. The van der Waals surface area contributed by atoms with Crippen molar-refractivity contribution in [3.05, 3.63) is 59.2 Å². The Morgan fingerprint density at radius 3 is 2.54 bits per heavy atom. The summed E-state index contributed by atoms with van der Waals surface area (Å²) < 4.78 is 0. The summed E-state index contributed by atoms with van der Waals surface area (Å²) >= 11 is 0. The summed E-state index contributed by atoms with van der Waals surface area (Å²) in [5, 5.41) is 3.05. The Morgan fingerprint density at radius 2 is 1.85 bits per heavy atom. The minimum absolute atomic E-state index is 0.0725. The number of amides is 1. The molecule has 3 heteroatoms. The zero-order valence-corrected chi connectivity index (χ0v) is 16.4. The number of aryl methyl sites for hydroxylation is 2. The Labute approximate surface area is 157 Å². The van der Waals surface area contributed by atoms with Crippen molar-refractivity contribution < 1.29 is 4.79 Å². The molecule has 0 radical (unpaired) electrons. The smallest absolute Gasteiger partial charge is 0.224 e. The van der Waals surface area contributed by atoms with E-state index < -0.39 is 0 Å². The summed E-state index contributed by atoms with van der Waals surface area (Å²) in [6.45, 7) is 7.72. The van der Waals surface area contributed by atoms with Crippen LogP contribution in [0.25, 0.3) is 0 Å². The standard InChI is InChI=1S/C23H30N2O/c1-23(2,3)19-11-7-17(8-12-19)9-14-22(26)24-20-13-10-18-6-5-15-25(4)21(18)16-20/h7-8,10-13,16H,5-6,9,14-15H2,1-4H3,(H,24,26). The fourth-order valence-electron chi connectivity index (χ4n) is 3.49. The van der Waals surface area contributed by atoms with Crippen LogP contribution in [-0.4, -0.2) is 19.5 Å². The van der Waals surface area contributed by atoms with Gasteiger partial charge in [0.15, 0.2) is 0 Å². The highest BCUT2D eigenvalue weighted by atomic mass is 16.1. The second kappa shape index (κ2) is 7.53. The molecule has 0 saturated carbocycles. The molecule has 0 saturated heterocycles. The van der Waals surface area contributed by atoms with Crippen molar-refractivity contribution in [2.24, 2.45) is 0 Å². The van der Waals surface area contributed by atoms with Gasteiger partial charge in [0.2, 0.25) is 5.91 Å². The van der Waals surface area contributed by atoms with Crippen LogP contribution in [0, 0.1) is 0 Å². The lowest BCUT2D eigenvalue weighted by Gasteiger charge is -2.28. The zero-order chi connectivity index (χ0) is 18.7. The lowest BCUT2D eigenvalue weighted by atomic mass is 9.86. The summed E-state index contributed by atoms with van der Waals surface area (Å²) in [6.07, 6.45) is 3.59. The van der Waals surface area contributed by atoms with Crippen LogP contribution in [-0.2, 0) is 23.1 Å². The molecule has 0 aromatic heterocycles. The number of rotatable bonds is 4. The highest BCUT2D eigenvalue weighted by Gasteiger charge is 2.15. The maximum absolute atomic E-state index is 12.3. The first-order chi connectivity index (χ1) is 12.3. The molecule has 0 atom stereocenters. The summed E-state index contributed by atoms with van der Waals surface area (Å²) in [7, 11) is 2.12. The van der Waals surface area contributed by atoms with E-state index in [1.807, 2.05) is 6.07 Å². The van der Waals surface area contributed by atoms with Crippen LogP contribution in [0.5, 0.6) is 0 Å². The van der Waals surface area contributed by atoms with Gasteiger partial charge in [-0.05, 0) is 53.5 Å². The molecule has 0 bridgehead atoms. The van der Waals surface area contributed by atoms with Gasteiger partial charge in [0.1, 0.15) is 0 Å². The molecule has 1 amide bonds. The third kappa shape index (κ3) is 4.46. The molecule has 2 aromatic rings. The van der Waals surface area contributed by atoms with Crippen molar-refractivity contribution >= 4 is 17.3 Å². The van der Waals surface area contributed by atoms with E-state index in [0.717, 1.165) is 25.1 Å². The van der Waals surface area contributed by atoms with Crippen LogP contribution in [0.4, 0.5) is 11.4 Å². The predicted molar refractivity (Wildman–Crippen MR) is 110 cm³/mol. The maximum Gasteiger partial charge on any atom is 0.224 e. The van der Waals surface area contributed by atoms with Crippen LogP contribution in [0.2, 0.25) is 0 Å². The number of carbonyl (C=O) groups excluding carboxylic acids is 1. The average molecular weight is 351 g/mol. The number of hydrogen-bond donors (Lipinski definition) is 1. The summed E-state index contributed by atoms with van der Waals surface area (Å²) in [4.78, 5) is 14.6. The van der Waals surface area contributed by atoms with Crippen LogP contribution >= 0.6 is 0 Å². The van der Waals surface area contributed by atoms with E-state index in [1.54, 1.807) is 0 Å². The van der Waals surface area contributed by atoms with Gasteiger partial charge in [-0.25, -0.2) is 0 Å². The van der Waals surface area contributed by atoms with Gasteiger partial charge in [0.05, 0.1) is 0 Å². The first kappa shape index (κ1) is 18.5. The third-order valence-corrected chi connectivity index (χ3v) is 5.18. The number of nitrogens with one attached hydrogen (secondary N) is 1. The molecule has 0 fully saturated rings. The molecule has 0 aliphatic carbocycles. The SMILES string of the molecule is CN1CCCc2ccc(NC(=O)CCc3ccc(C(C)(C)C)cc3)cc21. The van der Waals surface area contributed by atoms with Crippen LogP contribution in [0.1, 0.15) is 50.3 Å². The molecular weight excluding hydrogens is 320 g/mol. The van der Waals surface area contributed by atoms with E-state index in [0.29, 0.717) is 6.42 Å². The number of nitrogens with zero attached hydrogens (tertiary/aromatic N) is 1.